The van der Waals surface area contributed by atoms with Crippen molar-refractivity contribution in [2.75, 3.05) is 0 Å². The quantitative estimate of drug-likeness (QED) is 0.888. The van der Waals surface area contributed by atoms with E-state index in [4.69, 9.17) is 4.42 Å². The van der Waals surface area contributed by atoms with Gasteiger partial charge in [-0.1, -0.05) is 17.7 Å². The monoisotopic (exact) mass is 287 g/mol. The Labute approximate surface area is 124 Å². The van der Waals surface area contributed by atoms with E-state index in [1.54, 1.807) is 12.1 Å². The average Bonchev–Trinajstić information content (AvgIpc) is 2.95. The zero-order valence-electron chi connectivity index (χ0n) is 12.6. The number of aliphatic hydroxyl groups is 1. The van der Waals surface area contributed by atoms with Crippen LogP contribution in [0.15, 0.2) is 41.0 Å². The largest absolute Gasteiger partial charge is 0.467 e. The summed E-state index contributed by atoms with van der Waals surface area (Å²) in [6.45, 7) is 5.74. The van der Waals surface area contributed by atoms with E-state index in [0.29, 0.717) is 17.7 Å². The number of carbonyl (C=O) groups is 1. The summed E-state index contributed by atoms with van der Waals surface area (Å²) in [6.07, 6.45) is 1.22. The topological polar surface area (TPSA) is 62.5 Å². The molecular formula is C17H21NO3. The van der Waals surface area contributed by atoms with Gasteiger partial charge in [-0.05, 0) is 44.5 Å². The molecule has 2 atom stereocenters. The summed E-state index contributed by atoms with van der Waals surface area (Å²) in [6, 6.07) is 9.10. The number of rotatable bonds is 5. The fourth-order valence-electron chi connectivity index (χ4n) is 2.27. The minimum absolute atomic E-state index is 0.115. The molecule has 0 spiro atoms. The molecule has 4 nitrogen and oxygen atoms in total. The van der Waals surface area contributed by atoms with Crippen LogP contribution in [-0.4, -0.2) is 17.1 Å². The number of aryl methyl sites for hydroxylation is 2. The summed E-state index contributed by atoms with van der Waals surface area (Å²) in [5, 5.41) is 12.9. The van der Waals surface area contributed by atoms with Gasteiger partial charge in [0.25, 0.3) is 5.91 Å². The van der Waals surface area contributed by atoms with Crippen LogP contribution in [0.2, 0.25) is 0 Å². The first-order chi connectivity index (χ1) is 9.97. The molecule has 2 aromatic rings. The standard InChI is InChI=1S/C17H21NO3/c1-11-6-7-12(2)14(9-11)17(20)18-13(3)10-15(19)16-5-4-8-21-16/h4-9,13,15,19H,10H2,1-3H3,(H,18,20). The highest BCUT2D eigenvalue weighted by molar-refractivity contribution is 5.95. The van der Waals surface area contributed by atoms with E-state index in [-0.39, 0.29) is 11.9 Å². The van der Waals surface area contributed by atoms with Crippen molar-refractivity contribution >= 4 is 5.91 Å². The molecule has 21 heavy (non-hydrogen) atoms. The van der Waals surface area contributed by atoms with E-state index in [0.717, 1.165) is 11.1 Å². The van der Waals surface area contributed by atoms with Crippen LogP contribution in [0, 0.1) is 13.8 Å². The molecule has 0 bridgehead atoms. The molecule has 2 N–H and O–H groups in total. The minimum atomic E-state index is -0.714. The molecule has 0 aliphatic heterocycles. The van der Waals surface area contributed by atoms with E-state index in [9.17, 15) is 9.90 Å². The molecule has 1 heterocycles. The van der Waals surface area contributed by atoms with Crippen LogP contribution in [0.25, 0.3) is 0 Å². The average molecular weight is 287 g/mol. The molecule has 2 unspecified atom stereocenters. The summed E-state index contributed by atoms with van der Waals surface area (Å²) >= 11 is 0. The lowest BCUT2D eigenvalue weighted by molar-refractivity contribution is 0.0902. The third-order valence-corrected chi connectivity index (χ3v) is 3.46. The van der Waals surface area contributed by atoms with Gasteiger partial charge in [0.15, 0.2) is 0 Å². The lowest BCUT2D eigenvalue weighted by atomic mass is 10.0. The van der Waals surface area contributed by atoms with Crippen LogP contribution in [-0.2, 0) is 0 Å². The maximum atomic E-state index is 12.3. The zero-order valence-corrected chi connectivity index (χ0v) is 12.6. The normalized spacial score (nSPS) is 13.7. The SMILES string of the molecule is Cc1ccc(C)c(C(=O)NC(C)CC(O)c2ccco2)c1. The van der Waals surface area contributed by atoms with Crippen LogP contribution in [0.1, 0.15) is 46.7 Å². The van der Waals surface area contributed by atoms with Gasteiger partial charge < -0.3 is 14.8 Å². The fraction of sp³-hybridized carbons (Fsp3) is 0.353. The number of nitrogens with one attached hydrogen (secondary N) is 1. The van der Waals surface area contributed by atoms with Gasteiger partial charge in [-0.2, -0.15) is 0 Å². The van der Waals surface area contributed by atoms with Crippen molar-refractivity contribution in [1.82, 2.24) is 5.32 Å². The Bertz CT molecular complexity index is 605. The number of amides is 1. The van der Waals surface area contributed by atoms with Crippen LogP contribution < -0.4 is 5.32 Å². The van der Waals surface area contributed by atoms with Gasteiger partial charge in [-0.25, -0.2) is 0 Å². The summed E-state index contributed by atoms with van der Waals surface area (Å²) in [5.41, 5.74) is 2.67. The molecule has 1 aromatic heterocycles. The first-order valence-electron chi connectivity index (χ1n) is 7.07. The van der Waals surface area contributed by atoms with Gasteiger partial charge in [0.05, 0.1) is 6.26 Å². The number of hydrogen-bond donors (Lipinski definition) is 2. The van der Waals surface area contributed by atoms with Crippen LogP contribution >= 0.6 is 0 Å². The van der Waals surface area contributed by atoms with Crippen molar-refractivity contribution < 1.29 is 14.3 Å². The molecule has 0 fully saturated rings. The molecule has 0 radical (unpaired) electrons. The number of furan rings is 1. The second kappa shape index (κ2) is 6.59. The number of aliphatic hydroxyl groups excluding tert-OH is 1. The first-order valence-corrected chi connectivity index (χ1v) is 7.07. The minimum Gasteiger partial charge on any atom is -0.467 e. The second-order valence-electron chi connectivity index (χ2n) is 5.46. The Morgan fingerprint density at radius 1 is 1.33 bits per heavy atom. The fourth-order valence-corrected chi connectivity index (χ4v) is 2.27. The smallest absolute Gasteiger partial charge is 0.251 e. The number of hydrogen-bond acceptors (Lipinski definition) is 3. The molecule has 2 rings (SSSR count). The number of carbonyl (C=O) groups excluding carboxylic acids is 1. The van der Waals surface area contributed by atoms with Gasteiger partial charge in [0.2, 0.25) is 0 Å². The predicted octanol–water partition coefficient (Wildman–Crippen LogP) is 3.14. The summed E-state index contributed by atoms with van der Waals surface area (Å²) in [7, 11) is 0. The molecule has 0 saturated carbocycles. The van der Waals surface area contributed by atoms with E-state index in [1.165, 1.54) is 6.26 Å². The Kier molecular flexibility index (Phi) is 4.81. The van der Waals surface area contributed by atoms with E-state index >= 15 is 0 Å². The highest BCUT2D eigenvalue weighted by Gasteiger charge is 2.17. The predicted molar refractivity (Wildman–Crippen MR) is 81.1 cm³/mol. The highest BCUT2D eigenvalue weighted by atomic mass is 16.4. The molecule has 112 valence electrons. The van der Waals surface area contributed by atoms with Gasteiger partial charge in [-0.3, -0.25) is 4.79 Å². The molecule has 1 aromatic carbocycles. The van der Waals surface area contributed by atoms with Crippen molar-refractivity contribution in [2.45, 2.75) is 39.3 Å². The van der Waals surface area contributed by atoms with E-state index < -0.39 is 6.10 Å². The van der Waals surface area contributed by atoms with E-state index in [2.05, 4.69) is 5.32 Å². The van der Waals surface area contributed by atoms with Gasteiger partial charge >= 0.3 is 0 Å². The van der Waals surface area contributed by atoms with Crippen molar-refractivity contribution in [2.24, 2.45) is 0 Å². The Balaban J connectivity index is 1.97. The van der Waals surface area contributed by atoms with Crippen molar-refractivity contribution in [3.8, 4) is 0 Å². The lowest BCUT2D eigenvalue weighted by Gasteiger charge is -2.17. The third-order valence-electron chi connectivity index (χ3n) is 3.46. The Hall–Kier alpha value is -2.07. The lowest BCUT2D eigenvalue weighted by Crippen LogP contribution is -2.34. The zero-order chi connectivity index (χ0) is 15.4. The highest BCUT2D eigenvalue weighted by Crippen LogP contribution is 2.19. The van der Waals surface area contributed by atoms with Crippen molar-refractivity contribution in [1.29, 1.82) is 0 Å². The third kappa shape index (κ3) is 3.95. The van der Waals surface area contributed by atoms with Crippen LogP contribution in [0.4, 0.5) is 0 Å². The summed E-state index contributed by atoms with van der Waals surface area (Å²) < 4.78 is 5.16. The van der Waals surface area contributed by atoms with Crippen molar-refractivity contribution in [3.63, 3.8) is 0 Å². The van der Waals surface area contributed by atoms with Gasteiger partial charge in [-0.15, -0.1) is 0 Å². The van der Waals surface area contributed by atoms with Crippen LogP contribution in [0.3, 0.4) is 0 Å². The van der Waals surface area contributed by atoms with E-state index in [1.807, 2.05) is 39.0 Å². The first kappa shape index (κ1) is 15.3. The molecule has 4 heteroatoms. The molecule has 0 saturated heterocycles. The van der Waals surface area contributed by atoms with Crippen LogP contribution in [0.5, 0.6) is 0 Å². The van der Waals surface area contributed by atoms with Gasteiger partial charge in [0.1, 0.15) is 11.9 Å². The van der Waals surface area contributed by atoms with Crippen molar-refractivity contribution in [3.05, 3.63) is 59.0 Å². The molecule has 1 amide bonds. The molecule has 0 aliphatic rings. The molecule has 0 aliphatic carbocycles. The maximum Gasteiger partial charge on any atom is 0.251 e. The molecular weight excluding hydrogens is 266 g/mol. The summed E-state index contributed by atoms with van der Waals surface area (Å²) in [4.78, 5) is 12.3. The van der Waals surface area contributed by atoms with Gasteiger partial charge in [0, 0.05) is 18.0 Å². The Morgan fingerprint density at radius 3 is 2.76 bits per heavy atom. The number of benzene rings is 1. The Morgan fingerprint density at radius 2 is 2.10 bits per heavy atom. The second-order valence-corrected chi connectivity index (χ2v) is 5.46. The summed E-state index contributed by atoms with van der Waals surface area (Å²) in [5.74, 6) is 0.401. The maximum absolute atomic E-state index is 12.3.